The number of hydrogen-bond acceptors (Lipinski definition) is 3. The van der Waals surface area contributed by atoms with Gasteiger partial charge in [0, 0.05) is 37.7 Å². The highest BCUT2D eigenvalue weighted by atomic mass is 127. The molecule has 2 unspecified atom stereocenters. The molecule has 1 aliphatic rings. The third-order valence-corrected chi connectivity index (χ3v) is 4.87. The number of nitrogens with one attached hydrogen (secondary N) is 1. The number of ether oxygens (including phenoxy) is 1. The summed E-state index contributed by atoms with van der Waals surface area (Å²) in [5, 5.41) is 4.20. The Morgan fingerprint density at radius 2 is 2.08 bits per heavy atom. The van der Waals surface area contributed by atoms with Crippen molar-refractivity contribution >= 4 is 41.5 Å². The SMILES string of the molecule is CCNC(=NCC(c1ccc(Cl)cc1)N(C)C)N1CCC(COC)C1.I. The maximum atomic E-state index is 6.02. The molecule has 26 heavy (non-hydrogen) atoms. The van der Waals surface area contributed by atoms with Gasteiger partial charge in [-0.25, -0.2) is 0 Å². The average molecular weight is 495 g/mol. The topological polar surface area (TPSA) is 40.1 Å². The molecule has 1 aromatic rings. The van der Waals surface area contributed by atoms with Crippen molar-refractivity contribution in [2.75, 3.05) is 54.0 Å². The van der Waals surface area contributed by atoms with Crippen LogP contribution in [0.15, 0.2) is 29.3 Å². The molecule has 0 saturated carbocycles. The summed E-state index contributed by atoms with van der Waals surface area (Å²) in [6, 6.07) is 8.28. The first-order valence-corrected chi connectivity index (χ1v) is 9.37. The van der Waals surface area contributed by atoms with Gasteiger partial charge >= 0.3 is 0 Å². The molecule has 0 radical (unpaired) electrons. The van der Waals surface area contributed by atoms with E-state index in [1.54, 1.807) is 7.11 Å². The fraction of sp³-hybridized carbons (Fsp3) is 0.632. The number of likely N-dealkylation sites (N-methyl/N-ethyl adjacent to an activating group) is 1. The Bertz CT molecular complexity index is 553. The zero-order valence-corrected chi connectivity index (χ0v) is 19.3. The Balaban J connectivity index is 0.00000338. The second-order valence-electron chi connectivity index (χ2n) is 6.78. The van der Waals surface area contributed by atoms with Gasteiger partial charge in [-0.05, 0) is 45.1 Å². The number of likely N-dealkylation sites (tertiary alicyclic amines) is 1. The molecule has 1 saturated heterocycles. The van der Waals surface area contributed by atoms with Crippen LogP contribution in [0.4, 0.5) is 0 Å². The average Bonchev–Trinajstić information content (AvgIpc) is 3.04. The van der Waals surface area contributed by atoms with Crippen LogP contribution in [-0.2, 0) is 4.74 Å². The molecule has 2 atom stereocenters. The molecular formula is C19H32ClIN4O. The number of rotatable bonds is 7. The summed E-state index contributed by atoms with van der Waals surface area (Å²) in [6.45, 7) is 6.56. The molecule has 1 aromatic carbocycles. The molecule has 0 amide bonds. The smallest absolute Gasteiger partial charge is 0.193 e. The summed E-state index contributed by atoms with van der Waals surface area (Å²) in [6.07, 6.45) is 1.16. The molecule has 1 fully saturated rings. The lowest BCUT2D eigenvalue weighted by Crippen LogP contribution is -2.41. The Kier molecular flexibility index (Phi) is 10.8. The quantitative estimate of drug-likeness (QED) is 0.358. The fourth-order valence-electron chi connectivity index (χ4n) is 3.25. The lowest BCUT2D eigenvalue weighted by molar-refractivity contribution is 0.157. The van der Waals surface area contributed by atoms with E-state index in [4.69, 9.17) is 21.3 Å². The van der Waals surface area contributed by atoms with Crippen molar-refractivity contribution in [3.05, 3.63) is 34.9 Å². The highest BCUT2D eigenvalue weighted by molar-refractivity contribution is 14.0. The minimum atomic E-state index is 0. The summed E-state index contributed by atoms with van der Waals surface area (Å²) >= 11 is 6.02. The predicted molar refractivity (Wildman–Crippen MR) is 121 cm³/mol. The van der Waals surface area contributed by atoms with E-state index in [0.29, 0.717) is 12.5 Å². The van der Waals surface area contributed by atoms with Gasteiger partial charge in [-0.15, -0.1) is 24.0 Å². The molecule has 148 valence electrons. The van der Waals surface area contributed by atoms with Gasteiger partial charge in [-0.1, -0.05) is 23.7 Å². The van der Waals surface area contributed by atoms with Gasteiger partial charge in [-0.2, -0.15) is 0 Å². The van der Waals surface area contributed by atoms with Crippen molar-refractivity contribution in [3.8, 4) is 0 Å². The summed E-state index contributed by atoms with van der Waals surface area (Å²) in [5.74, 6) is 1.59. The number of hydrogen-bond donors (Lipinski definition) is 1. The standard InChI is InChI=1S/C19H31ClN4O.HI/c1-5-21-19(24-11-10-15(13-24)14-25-4)22-12-18(23(2)3)16-6-8-17(20)9-7-16;/h6-9,15,18H,5,10-14H2,1-4H3,(H,21,22);1H. The molecule has 0 bridgehead atoms. The number of methoxy groups -OCH3 is 1. The van der Waals surface area contributed by atoms with Gasteiger partial charge in [0.25, 0.3) is 0 Å². The molecule has 1 N–H and O–H groups in total. The van der Waals surface area contributed by atoms with Crippen LogP contribution in [0.1, 0.15) is 24.9 Å². The van der Waals surface area contributed by atoms with Crippen LogP contribution in [0.5, 0.6) is 0 Å². The van der Waals surface area contributed by atoms with Crippen molar-refractivity contribution < 1.29 is 4.74 Å². The normalized spacial score (nSPS) is 18.8. The van der Waals surface area contributed by atoms with Gasteiger partial charge in [0.05, 0.1) is 19.2 Å². The van der Waals surface area contributed by atoms with Crippen LogP contribution in [0.25, 0.3) is 0 Å². The molecule has 5 nitrogen and oxygen atoms in total. The van der Waals surface area contributed by atoms with Crippen molar-refractivity contribution in [1.29, 1.82) is 0 Å². The third-order valence-electron chi connectivity index (χ3n) is 4.61. The van der Waals surface area contributed by atoms with E-state index in [1.165, 1.54) is 5.56 Å². The van der Waals surface area contributed by atoms with Crippen molar-refractivity contribution in [3.63, 3.8) is 0 Å². The van der Waals surface area contributed by atoms with E-state index in [2.05, 4.69) is 48.3 Å². The number of guanidine groups is 1. The van der Waals surface area contributed by atoms with Crippen molar-refractivity contribution in [1.82, 2.24) is 15.1 Å². The fourth-order valence-corrected chi connectivity index (χ4v) is 3.37. The Hall–Kier alpha value is -0.570. The highest BCUT2D eigenvalue weighted by Crippen LogP contribution is 2.22. The van der Waals surface area contributed by atoms with Crippen LogP contribution >= 0.6 is 35.6 Å². The summed E-state index contributed by atoms with van der Waals surface area (Å²) in [4.78, 5) is 9.48. The van der Waals surface area contributed by atoms with E-state index >= 15 is 0 Å². The number of nitrogens with zero attached hydrogens (tertiary/aromatic N) is 3. The molecule has 7 heteroatoms. The third kappa shape index (κ3) is 6.87. The van der Waals surface area contributed by atoms with E-state index in [0.717, 1.165) is 43.6 Å². The lowest BCUT2D eigenvalue weighted by Gasteiger charge is -2.26. The van der Waals surface area contributed by atoms with Crippen molar-refractivity contribution in [2.45, 2.75) is 19.4 Å². The maximum Gasteiger partial charge on any atom is 0.193 e. The second kappa shape index (κ2) is 12.0. The molecule has 1 heterocycles. The monoisotopic (exact) mass is 494 g/mol. The maximum absolute atomic E-state index is 6.02. The zero-order chi connectivity index (χ0) is 18.2. The first kappa shape index (κ1) is 23.5. The van der Waals surface area contributed by atoms with Gasteiger partial charge < -0.3 is 19.9 Å². The van der Waals surface area contributed by atoms with E-state index in [-0.39, 0.29) is 30.0 Å². The first-order chi connectivity index (χ1) is 12.0. The molecule has 2 rings (SSSR count). The largest absolute Gasteiger partial charge is 0.384 e. The number of benzene rings is 1. The minimum Gasteiger partial charge on any atom is -0.384 e. The number of halogens is 2. The van der Waals surface area contributed by atoms with Gasteiger partial charge in [0.15, 0.2) is 5.96 Å². The Morgan fingerprint density at radius 1 is 1.38 bits per heavy atom. The predicted octanol–water partition coefficient (Wildman–Crippen LogP) is 3.49. The summed E-state index contributed by atoms with van der Waals surface area (Å²) in [7, 11) is 5.95. The molecular weight excluding hydrogens is 463 g/mol. The van der Waals surface area contributed by atoms with Gasteiger partial charge in [0.2, 0.25) is 0 Å². The minimum absolute atomic E-state index is 0. The van der Waals surface area contributed by atoms with Crippen molar-refractivity contribution in [2.24, 2.45) is 10.9 Å². The van der Waals surface area contributed by atoms with E-state index in [9.17, 15) is 0 Å². The van der Waals surface area contributed by atoms with Crippen LogP contribution in [0.3, 0.4) is 0 Å². The second-order valence-corrected chi connectivity index (χ2v) is 7.22. The Labute approximate surface area is 180 Å². The lowest BCUT2D eigenvalue weighted by atomic mass is 10.1. The van der Waals surface area contributed by atoms with E-state index in [1.807, 2.05) is 12.1 Å². The highest BCUT2D eigenvalue weighted by Gasteiger charge is 2.25. The van der Waals surface area contributed by atoms with Gasteiger partial charge in [-0.3, -0.25) is 4.99 Å². The van der Waals surface area contributed by atoms with Gasteiger partial charge in [0.1, 0.15) is 0 Å². The molecule has 0 spiro atoms. The first-order valence-electron chi connectivity index (χ1n) is 8.99. The van der Waals surface area contributed by atoms with Crippen LogP contribution in [-0.4, -0.2) is 69.8 Å². The Morgan fingerprint density at radius 3 is 2.65 bits per heavy atom. The molecule has 0 aliphatic carbocycles. The summed E-state index contributed by atoms with van der Waals surface area (Å²) in [5.41, 5.74) is 1.23. The van der Waals surface area contributed by atoms with Crippen LogP contribution < -0.4 is 5.32 Å². The number of aliphatic imine (C=N–C) groups is 1. The summed E-state index contributed by atoms with van der Waals surface area (Å²) < 4.78 is 5.31. The van der Waals surface area contributed by atoms with Crippen LogP contribution in [0, 0.1) is 5.92 Å². The van der Waals surface area contributed by atoms with Crippen LogP contribution in [0.2, 0.25) is 5.02 Å². The molecule has 0 aromatic heterocycles. The van der Waals surface area contributed by atoms with E-state index < -0.39 is 0 Å². The molecule has 1 aliphatic heterocycles. The zero-order valence-electron chi connectivity index (χ0n) is 16.2.